The molecule has 4 heterocycles. The number of aryl methyl sites for hydroxylation is 3. The first-order valence-electron chi connectivity index (χ1n) is 21.9. The van der Waals surface area contributed by atoms with Gasteiger partial charge in [-0.05, 0) is 97.6 Å². The van der Waals surface area contributed by atoms with Crippen molar-refractivity contribution in [3.8, 4) is 23.0 Å². The molecule has 0 radical (unpaired) electrons. The van der Waals surface area contributed by atoms with Crippen LogP contribution in [0.25, 0.3) is 22.6 Å². The normalized spacial score (nSPS) is 12.3. The maximum Gasteiger partial charge on any atom is 0.425 e. The zero-order chi connectivity index (χ0) is 56.4. The lowest BCUT2D eigenvalue weighted by Gasteiger charge is -2.27. The van der Waals surface area contributed by atoms with Gasteiger partial charge in [0.2, 0.25) is 34.4 Å². The highest BCUT2D eigenvalue weighted by atomic mass is 35.5. The molecule has 4 aromatic carbocycles. The number of nitrogens with one attached hydrogen (secondary N) is 6. The number of hydrogen-bond acceptors (Lipinski definition) is 25. The second kappa shape index (κ2) is 22.7. The second-order valence-electron chi connectivity index (χ2n) is 16.2. The van der Waals surface area contributed by atoms with E-state index in [0.29, 0.717) is 5.56 Å². The Kier molecular flexibility index (Phi) is 16.5. The molecule has 0 amide bonds. The summed E-state index contributed by atoms with van der Waals surface area (Å²) >= 11 is 19.2. The molecule has 9 rings (SSSR count). The number of nitrogens with zero attached hydrogens (tertiary/aromatic N) is 8. The first-order chi connectivity index (χ1) is 36.7. The van der Waals surface area contributed by atoms with Gasteiger partial charge in [0, 0.05) is 30.9 Å². The van der Waals surface area contributed by atoms with Crippen molar-refractivity contribution in [2.45, 2.75) is 35.5 Å². The molecule has 3 aliphatic rings. The summed E-state index contributed by atoms with van der Waals surface area (Å²) in [6.07, 6.45) is 0. The highest BCUT2D eigenvalue weighted by molar-refractivity contribution is 7.86. The highest BCUT2D eigenvalue weighted by Gasteiger charge is 2.34. The molecule has 28 nitrogen and oxygen atoms in total. The summed E-state index contributed by atoms with van der Waals surface area (Å²) < 4.78 is 145. The van der Waals surface area contributed by atoms with Crippen molar-refractivity contribution >= 4 is 139 Å². The zero-order valence-electron chi connectivity index (χ0n) is 39.9. The predicted molar refractivity (Wildman–Crippen MR) is 284 cm³/mol. The number of aromatic nitrogens is 7. The predicted octanol–water partition coefficient (Wildman–Crippen LogP) is 6.80. The van der Waals surface area contributed by atoms with Crippen LogP contribution in [0.5, 0.6) is 11.5 Å². The average Bonchev–Trinajstić information content (AvgIpc) is 3.34. The van der Waals surface area contributed by atoms with Crippen LogP contribution < -0.4 is 42.0 Å². The third-order valence-corrected chi connectivity index (χ3v) is 14.2. The minimum atomic E-state index is -5.08. The van der Waals surface area contributed by atoms with E-state index in [4.69, 9.17) is 56.6 Å². The average molecular weight is 1210 g/mol. The molecule has 0 saturated carbocycles. The molecule has 408 valence electrons. The highest BCUT2D eigenvalue weighted by Crippen LogP contribution is 2.53. The molecule has 9 N–H and O–H groups in total. The lowest BCUT2D eigenvalue weighted by atomic mass is 10.1. The van der Waals surface area contributed by atoms with Crippen molar-refractivity contribution in [1.82, 2.24) is 34.9 Å². The minimum Gasteiger partial charge on any atom is -0.451 e. The van der Waals surface area contributed by atoms with Crippen molar-refractivity contribution in [3.05, 3.63) is 104 Å². The Morgan fingerprint density at radius 3 is 1.86 bits per heavy atom. The smallest absolute Gasteiger partial charge is 0.425 e. The number of halogens is 3. The first kappa shape index (κ1) is 56.5. The lowest BCUT2D eigenvalue weighted by molar-refractivity contribution is 0.447. The largest absolute Gasteiger partial charge is 0.451 e. The molecule has 2 aliphatic heterocycles. The number of para-hydroxylation sites is 1. The fourth-order valence-electron chi connectivity index (χ4n) is 7.55. The Morgan fingerprint density at radius 1 is 0.641 bits per heavy atom. The van der Waals surface area contributed by atoms with Crippen molar-refractivity contribution in [3.63, 3.8) is 0 Å². The van der Waals surface area contributed by atoms with E-state index < -0.39 is 61.4 Å². The fraction of sp³-hybridized carbons (Fsp3) is 0.163. The van der Waals surface area contributed by atoms with E-state index in [9.17, 15) is 38.9 Å². The second-order valence-corrected chi connectivity index (χ2v) is 21.8. The maximum atomic E-state index is 13.0. The van der Waals surface area contributed by atoms with Gasteiger partial charge in [0.05, 0.1) is 29.0 Å². The molecule has 35 heteroatoms. The summed E-state index contributed by atoms with van der Waals surface area (Å²) in [4.78, 5) is 31.9. The summed E-state index contributed by atoms with van der Waals surface area (Å²) in [6, 6.07) is 17.3. The summed E-state index contributed by atoms with van der Waals surface area (Å²) in [5.41, 5.74) is 2.44. The van der Waals surface area contributed by atoms with Crippen molar-refractivity contribution in [2.24, 2.45) is 4.99 Å². The summed E-state index contributed by atoms with van der Waals surface area (Å²) in [7, 11) is -17.8. The summed E-state index contributed by atoms with van der Waals surface area (Å²) in [6.45, 7) is 5.14. The fourth-order valence-corrected chi connectivity index (χ4v) is 10.4. The summed E-state index contributed by atoms with van der Waals surface area (Å²) in [5, 5.41) is 16.9. The third kappa shape index (κ3) is 13.0. The van der Waals surface area contributed by atoms with Crippen molar-refractivity contribution < 1.29 is 60.7 Å². The van der Waals surface area contributed by atoms with Crippen molar-refractivity contribution in [1.29, 1.82) is 0 Å². The van der Waals surface area contributed by atoms with E-state index >= 15 is 0 Å². The van der Waals surface area contributed by atoms with E-state index in [0.717, 1.165) is 11.3 Å². The maximum absolute atomic E-state index is 13.0. The van der Waals surface area contributed by atoms with Gasteiger partial charge in [-0.2, -0.15) is 55.2 Å². The van der Waals surface area contributed by atoms with Crippen LogP contribution in [0.1, 0.15) is 16.7 Å². The van der Waals surface area contributed by atoms with Crippen LogP contribution >= 0.6 is 34.8 Å². The lowest BCUT2D eigenvalue weighted by Crippen LogP contribution is -2.20. The Balaban J connectivity index is 0.00000194. The Morgan fingerprint density at radius 2 is 1.23 bits per heavy atom. The van der Waals surface area contributed by atoms with E-state index in [1.165, 1.54) is 36.4 Å². The molecule has 2 aromatic heterocycles. The van der Waals surface area contributed by atoms with Gasteiger partial charge in [0.15, 0.2) is 32.6 Å². The van der Waals surface area contributed by atoms with Gasteiger partial charge in [-0.1, -0.05) is 35.9 Å². The van der Waals surface area contributed by atoms with E-state index in [1.54, 1.807) is 19.9 Å². The number of fused-ring (bicyclic) bond motifs is 4. The zero-order valence-corrected chi connectivity index (χ0v) is 45.4. The third-order valence-electron chi connectivity index (χ3n) is 10.8. The molecule has 0 saturated heterocycles. The SMILES string of the molecule is Cc1ccc(Nc2nc(Cl)nc(NCCN=c3ccc4nc5c(C)c6c(c(Cl)c5oc-4c3S(=O)(=O)O)Nc3ccc(NCCNc4nc(Cl)nc(Nc5ccccc5C)n4)c(S(=O)(=O)O)c3O6)n2)c(S(=O)(=O)O)c1.O=S(=O)=O. The van der Waals surface area contributed by atoms with Crippen LogP contribution in [0, 0.1) is 20.8 Å². The molecular formula is C43H37Cl3N14O14S4. The van der Waals surface area contributed by atoms with Crippen LogP contribution in [0.2, 0.25) is 15.6 Å². The summed E-state index contributed by atoms with van der Waals surface area (Å²) in [5.74, 6) is -0.646. The van der Waals surface area contributed by atoms with Crippen LogP contribution in [-0.2, 0) is 41.0 Å². The standard InChI is InChI=1S/C43H37Cl3N14O11S3.O3S/c1-19-8-9-23(28(18-19)72(61,62)63)54-43-58-39(46)56-41(60-43)50-17-15-48-27-12-10-24-34(37(27)74(67,68)69)71-35-29(44)31-32(21(3)30(35)51-24)70-33-25(52-31)11-13-26(36(33)73(64,65)66)47-14-16-49-40-55-38(45)57-42(59-40)53-22-7-5-4-6-20(22)2;1-4(2)3/h4-13,18,47,52H,14-17H2,1-3H3,(H,61,62,63)(H,64,65,66)(H,67,68,69)(H2,49,53,55,57,59)(H2,50,54,56,58,60);. The quantitative estimate of drug-likeness (QED) is 0.0273. The minimum absolute atomic E-state index is 0.00270. The number of anilines is 9. The van der Waals surface area contributed by atoms with E-state index in [2.05, 4.69) is 71.8 Å². The van der Waals surface area contributed by atoms with Crippen LogP contribution in [0.15, 0.2) is 90.8 Å². The van der Waals surface area contributed by atoms with Gasteiger partial charge in [-0.3, -0.25) is 18.7 Å². The molecule has 0 bridgehead atoms. The molecule has 0 fully saturated rings. The van der Waals surface area contributed by atoms with Gasteiger partial charge >= 0.3 is 20.7 Å². The number of hydrogen-bond donors (Lipinski definition) is 9. The Hall–Kier alpha value is -7.66. The number of rotatable bonds is 16. The van der Waals surface area contributed by atoms with E-state index in [-0.39, 0.29) is 128 Å². The Bertz CT molecular complexity index is 4240. The molecule has 6 aromatic rings. The molecule has 78 heavy (non-hydrogen) atoms. The van der Waals surface area contributed by atoms with E-state index in [1.807, 2.05) is 31.2 Å². The first-order valence-corrected chi connectivity index (χ1v) is 28.4. The molecule has 0 atom stereocenters. The van der Waals surface area contributed by atoms with Gasteiger partial charge in [0.25, 0.3) is 20.2 Å². The molecule has 0 spiro atoms. The van der Waals surface area contributed by atoms with Gasteiger partial charge < -0.3 is 41.1 Å². The molecular weight excluding hydrogens is 1170 g/mol. The van der Waals surface area contributed by atoms with Gasteiger partial charge in [0.1, 0.15) is 26.8 Å². The topological polar surface area (TPSA) is 411 Å². The van der Waals surface area contributed by atoms with Gasteiger partial charge in [-0.25, -0.2) is 4.98 Å². The Labute approximate surface area is 457 Å². The van der Waals surface area contributed by atoms with Crippen LogP contribution in [-0.4, -0.2) is 113 Å². The van der Waals surface area contributed by atoms with Gasteiger partial charge in [-0.15, -0.1) is 12.6 Å². The van der Waals surface area contributed by atoms with Crippen LogP contribution in [0.3, 0.4) is 0 Å². The van der Waals surface area contributed by atoms with Crippen LogP contribution in [0.4, 0.5) is 52.2 Å². The number of ether oxygens (including phenoxy) is 1. The number of benzene rings is 5. The monoisotopic (exact) mass is 1210 g/mol. The molecule has 0 unspecified atom stereocenters. The van der Waals surface area contributed by atoms with Crippen molar-refractivity contribution in [2.75, 3.05) is 58.1 Å². The molecule has 1 aliphatic carbocycles.